The summed E-state index contributed by atoms with van der Waals surface area (Å²) in [5.41, 5.74) is -0.140. The number of hydrogen-bond donors (Lipinski definition) is 2. The number of phenols is 1. The van der Waals surface area contributed by atoms with E-state index in [4.69, 9.17) is 0 Å². The van der Waals surface area contributed by atoms with Gasteiger partial charge in [0.25, 0.3) is 0 Å². The Morgan fingerprint density at radius 2 is 2.00 bits per heavy atom. The highest BCUT2D eigenvalue weighted by Gasteiger charge is 2.32. The van der Waals surface area contributed by atoms with Crippen molar-refractivity contribution in [2.24, 2.45) is 0 Å². The molecule has 0 saturated carbocycles. The molecule has 1 fully saturated rings. The van der Waals surface area contributed by atoms with Gasteiger partial charge in [-0.15, -0.1) is 23.4 Å². The molecule has 0 amide bonds. The number of hydrogen-bond acceptors (Lipinski definition) is 6. The Bertz CT molecular complexity index is 1120. The van der Waals surface area contributed by atoms with Crippen molar-refractivity contribution in [2.45, 2.75) is 31.9 Å². The molecule has 4 rings (SSSR count). The fourth-order valence-corrected chi connectivity index (χ4v) is 3.86. The smallest absolute Gasteiger partial charge is 0.507 e. The average Bonchev–Trinajstić information content (AvgIpc) is 3.09. The molecule has 1 aliphatic heterocycles. The zero-order valence-electron chi connectivity index (χ0n) is 16.9. The molecule has 172 valence electrons. The van der Waals surface area contributed by atoms with E-state index in [1.807, 2.05) is 11.8 Å². The Labute approximate surface area is 179 Å². The highest BCUT2D eigenvalue weighted by Crippen LogP contribution is 2.36. The number of ether oxygens (including phenoxy) is 1. The molecule has 1 aromatic carbocycles. The van der Waals surface area contributed by atoms with Crippen molar-refractivity contribution in [3.8, 4) is 22.8 Å². The molecule has 2 aromatic heterocycles. The third-order valence-electron chi connectivity index (χ3n) is 5.25. The van der Waals surface area contributed by atoms with Crippen molar-refractivity contribution in [3.63, 3.8) is 0 Å². The van der Waals surface area contributed by atoms with Gasteiger partial charge in [0.1, 0.15) is 28.9 Å². The highest BCUT2D eigenvalue weighted by atomic mass is 19.4. The van der Waals surface area contributed by atoms with Crippen LogP contribution in [0.15, 0.2) is 30.5 Å². The number of aromatic hydroxyl groups is 1. The number of benzene rings is 1. The molecule has 7 nitrogen and oxygen atoms in total. The summed E-state index contributed by atoms with van der Waals surface area (Å²) in [6.45, 7) is 3.54. The lowest BCUT2D eigenvalue weighted by Crippen LogP contribution is -2.47. The molecule has 12 heteroatoms. The number of nitrogens with one attached hydrogen (secondary N) is 1. The van der Waals surface area contributed by atoms with Gasteiger partial charge < -0.3 is 15.2 Å². The molecular formula is C20H20F5N5O2. The minimum atomic E-state index is -4.92. The number of halogens is 5. The Hall–Kier alpha value is -3.15. The number of nitrogens with zero attached hydrogens (tertiary/aromatic N) is 4. The van der Waals surface area contributed by atoms with Crippen molar-refractivity contribution in [2.75, 3.05) is 25.0 Å². The summed E-state index contributed by atoms with van der Waals surface area (Å²) in [7, 11) is 0. The first kappa shape index (κ1) is 22.1. The molecule has 0 unspecified atom stereocenters. The maximum Gasteiger partial charge on any atom is 0.573 e. The van der Waals surface area contributed by atoms with Gasteiger partial charge in [0.15, 0.2) is 5.82 Å². The lowest BCUT2D eigenvalue weighted by atomic mass is 10.0. The standard InChI is InChI=1S/C20H20F5N5O2/c1-2-29-9-11(21)7-12(10-29)26-19-28-27-17(18-15(22)5-6-30(18)19)14-4-3-13(8-16(14)31)32-20(23,24)25/h3-6,8,11-12,31H,2,7,9-10H2,1H3,(H,26,28)/t11-,12-/m1/s1. The van der Waals surface area contributed by atoms with Crippen LogP contribution in [-0.4, -0.2) is 62.8 Å². The predicted molar refractivity (Wildman–Crippen MR) is 106 cm³/mol. The zero-order valence-corrected chi connectivity index (χ0v) is 16.9. The van der Waals surface area contributed by atoms with Crippen LogP contribution in [0.1, 0.15) is 13.3 Å². The van der Waals surface area contributed by atoms with E-state index in [2.05, 4.69) is 20.3 Å². The summed E-state index contributed by atoms with van der Waals surface area (Å²) in [6, 6.07) is 3.77. The first-order chi connectivity index (χ1) is 15.1. The SMILES string of the molecule is CCN1C[C@H](F)C[C@@H](Nc2nnc(-c3ccc(OC(F)(F)F)cc3O)c3c(F)ccn23)C1. The average molecular weight is 457 g/mol. The van der Waals surface area contributed by atoms with E-state index in [9.17, 15) is 27.1 Å². The van der Waals surface area contributed by atoms with Gasteiger partial charge in [-0.05, 0) is 24.7 Å². The van der Waals surface area contributed by atoms with Crippen molar-refractivity contribution in [3.05, 3.63) is 36.3 Å². The van der Waals surface area contributed by atoms with Gasteiger partial charge in [-0.1, -0.05) is 6.92 Å². The third-order valence-corrected chi connectivity index (χ3v) is 5.25. The van der Waals surface area contributed by atoms with Crippen LogP contribution in [-0.2, 0) is 0 Å². The van der Waals surface area contributed by atoms with Crippen molar-refractivity contribution in [1.82, 2.24) is 19.5 Å². The lowest BCUT2D eigenvalue weighted by molar-refractivity contribution is -0.274. The third kappa shape index (κ3) is 4.54. The molecule has 0 spiro atoms. The second-order valence-corrected chi connectivity index (χ2v) is 7.51. The highest BCUT2D eigenvalue weighted by molar-refractivity contribution is 5.82. The van der Waals surface area contributed by atoms with E-state index in [1.54, 1.807) is 0 Å². The van der Waals surface area contributed by atoms with Gasteiger partial charge in [0.2, 0.25) is 5.95 Å². The maximum absolute atomic E-state index is 14.6. The largest absolute Gasteiger partial charge is 0.573 e. The van der Waals surface area contributed by atoms with Gasteiger partial charge in [-0.2, -0.15) is 0 Å². The number of likely N-dealkylation sites (tertiary alicyclic amines) is 1. The quantitative estimate of drug-likeness (QED) is 0.565. The van der Waals surface area contributed by atoms with Crippen molar-refractivity contribution >= 4 is 11.5 Å². The Kier molecular flexibility index (Phi) is 5.80. The number of rotatable bonds is 5. The number of anilines is 1. The van der Waals surface area contributed by atoms with Crippen LogP contribution in [0.4, 0.5) is 27.9 Å². The van der Waals surface area contributed by atoms with Crippen LogP contribution in [0.25, 0.3) is 16.8 Å². The Balaban J connectivity index is 1.68. The van der Waals surface area contributed by atoms with Gasteiger partial charge in [0, 0.05) is 43.4 Å². The monoisotopic (exact) mass is 457 g/mol. The molecule has 32 heavy (non-hydrogen) atoms. The summed E-state index contributed by atoms with van der Waals surface area (Å²) in [4.78, 5) is 1.95. The molecule has 3 heterocycles. The van der Waals surface area contributed by atoms with Crippen LogP contribution in [0.2, 0.25) is 0 Å². The number of fused-ring (bicyclic) bond motifs is 1. The predicted octanol–water partition coefficient (Wildman–Crippen LogP) is 3.98. The molecule has 0 bridgehead atoms. The van der Waals surface area contributed by atoms with Crippen LogP contribution < -0.4 is 10.1 Å². The molecule has 0 radical (unpaired) electrons. The molecular weight excluding hydrogens is 437 g/mol. The minimum Gasteiger partial charge on any atom is -0.507 e. The van der Waals surface area contributed by atoms with Crippen LogP contribution in [0, 0.1) is 5.82 Å². The molecule has 0 aliphatic carbocycles. The summed E-state index contributed by atoms with van der Waals surface area (Å²) in [5.74, 6) is -1.71. The van der Waals surface area contributed by atoms with E-state index in [0.29, 0.717) is 19.6 Å². The fraction of sp³-hybridized carbons (Fsp3) is 0.400. The summed E-state index contributed by atoms with van der Waals surface area (Å²) < 4.78 is 71.1. The molecule has 1 saturated heterocycles. The fourth-order valence-electron chi connectivity index (χ4n) is 3.86. The minimum absolute atomic E-state index is 0.0279. The van der Waals surface area contributed by atoms with Crippen LogP contribution >= 0.6 is 0 Å². The first-order valence-corrected chi connectivity index (χ1v) is 9.90. The number of piperidine rings is 1. The zero-order chi connectivity index (χ0) is 23.0. The van der Waals surface area contributed by atoms with E-state index in [1.165, 1.54) is 16.7 Å². The molecule has 1 aliphatic rings. The van der Waals surface area contributed by atoms with E-state index in [-0.39, 0.29) is 35.2 Å². The summed E-state index contributed by atoms with van der Waals surface area (Å²) >= 11 is 0. The van der Waals surface area contributed by atoms with E-state index >= 15 is 0 Å². The molecule has 2 N–H and O–H groups in total. The molecule has 2 atom stereocenters. The topological polar surface area (TPSA) is 74.9 Å². The number of alkyl halides is 4. The first-order valence-electron chi connectivity index (χ1n) is 9.90. The second kappa shape index (κ2) is 8.41. The van der Waals surface area contributed by atoms with Crippen LogP contribution in [0.5, 0.6) is 11.5 Å². The Morgan fingerprint density at radius 1 is 1.22 bits per heavy atom. The molecule has 3 aromatic rings. The van der Waals surface area contributed by atoms with Crippen LogP contribution in [0.3, 0.4) is 0 Å². The Morgan fingerprint density at radius 3 is 2.69 bits per heavy atom. The van der Waals surface area contributed by atoms with Crippen molar-refractivity contribution in [1.29, 1.82) is 0 Å². The second-order valence-electron chi connectivity index (χ2n) is 7.51. The lowest BCUT2D eigenvalue weighted by Gasteiger charge is -2.34. The van der Waals surface area contributed by atoms with Gasteiger partial charge in [-0.25, -0.2) is 8.78 Å². The van der Waals surface area contributed by atoms with Gasteiger partial charge in [0.05, 0.1) is 0 Å². The van der Waals surface area contributed by atoms with E-state index in [0.717, 1.165) is 18.2 Å². The van der Waals surface area contributed by atoms with Gasteiger partial charge >= 0.3 is 6.36 Å². The van der Waals surface area contributed by atoms with E-state index < -0.39 is 29.9 Å². The van der Waals surface area contributed by atoms with Gasteiger partial charge in [-0.3, -0.25) is 9.30 Å². The van der Waals surface area contributed by atoms with Crippen molar-refractivity contribution < 1.29 is 31.8 Å². The maximum atomic E-state index is 14.6. The number of phenolic OH excluding ortho intramolecular Hbond substituents is 1. The number of aromatic nitrogens is 3. The number of likely N-dealkylation sites (N-methyl/N-ethyl adjacent to an activating group) is 1. The normalized spacial score (nSPS) is 19.9. The summed E-state index contributed by atoms with van der Waals surface area (Å²) in [5, 5.41) is 21.4. The summed E-state index contributed by atoms with van der Waals surface area (Å²) in [6.07, 6.45) is -4.28.